The summed E-state index contributed by atoms with van der Waals surface area (Å²) >= 11 is 5.81. The highest BCUT2D eigenvalue weighted by molar-refractivity contribution is 7.89. The summed E-state index contributed by atoms with van der Waals surface area (Å²) in [6.07, 6.45) is 1.62. The summed E-state index contributed by atoms with van der Waals surface area (Å²) in [5.74, 6) is 0. The summed E-state index contributed by atoms with van der Waals surface area (Å²) in [6.45, 7) is 2.89. The first-order chi connectivity index (χ1) is 8.47. The van der Waals surface area contributed by atoms with Crippen LogP contribution in [0, 0.1) is 0 Å². The minimum atomic E-state index is -3.47. The second-order valence-electron chi connectivity index (χ2n) is 4.66. The molecular formula is C12H17ClN2O2S. The molecular weight excluding hydrogens is 272 g/mol. The van der Waals surface area contributed by atoms with Gasteiger partial charge in [0.1, 0.15) is 0 Å². The van der Waals surface area contributed by atoms with Gasteiger partial charge in [0.15, 0.2) is 0 Å². The highest BCUT2D eigenvalue weighted by Crippen LogP contribution is 2.17. The molecule has 1 aliphatic heterocycles. The fraction of sp³-hybridized carbons (Fsp3) is 0.500. The largest absolute Gasteiger partial charge is 0.314 e. The molecule has 0 radical (unpaired) electrons. The molecule has 0 amide bonds. The third-order valence-electron chi connectivity index (χ3n) is 3.05. The smallest absolute Gasteiger partial charge is 0.240 e. The molecule has 1 aromatic rings. The maximum atomic E-state index is 12.2. The monoisotopic (exact) mass is 288 g/mol. The minimum absolute atomic E-state index is 0.00904. The fourth-order valence-corrected chi connectivity index (χ4v) is 3.74. The van der Waals surface area contributed by atoms with Gasteiger partial charge >= 0.3 is 0 Å². The molecule has 0 spiro atoms. The lowest BCUT2D eigenvalue weighted by atomic mass is 10.0. The number of piperidine rings is 1. The van der Waals surface area contributed by atoms with Crippen LogP contribution in [0.25, 0.3) is 0 Å². The normalized spacial score (nSPS) is 25.0. The zero-order valence-corrected chi connectivity index (χ0v) is 11.8. The van der Waals surface area contributed by atoms with Crippen molar-refractivity contribution in [1.29, 1.82) is 0 Å². The van der Waals surface area contributed by atoms with E-state index in [2.05, 4.69) is 17.0 Å². The lowest BCUT2D eigenvalue weighted by Gasteiger charge is -2.28. The molecule has 1 fully saturated rings. The van der Waals surface area contributed by atoms with Crippen LogP contribution in [0.4, 0.5) is 0 Å². The van der Waals surface area contributed by atoms with E-state index in [1.807, 2.05) is 0 Å². The fourth-order valence-electron chi connectivity index (χ4n) is 2.16. The van der Waals surface area contributed by atoms with Gasteiger partial charge in [-0.25, -0.2) is 13.1 Å². The van der Waals surface area contributed by atoms with Gasteiger partial charge in [-0.05, 0) is 44.5 Å². The van der Waals surface area contributed by atoms with Gasteiger partial charge in [-0.15, -0.1) is 0 Å². The van der Waals surface area contributed by atoms with Gasteiger partial charge in [-0.3, -0.25) is 0 Å². The van der Waals surface area contributed by atoms with E-state index in [9.17, 15) is 8.42 Å². The summed E-state index contributed by atoms with van der Waals surface area (Å²) in [4.78, 5) is 0.223. The molecule has 2 rings (SSSR count). The van der Waals surface area contributed by atoms with Crippen molar-refractivity contribution < 1.29 is 8.42 Å². The third-order valence-corrected chi connectivity index (χ3v) is 4.81. The molecule has 0 aromatic heterocycles. The average molecular weight is 289 g/mol. The van der Waals surface area contributed by atoms with Gasteiger partial charge in [-0.2, -0.15) is 0 Å². The highest BCUT2D eigenvalue weighted by Gasteiger charge is 2.24. The zero-order chi connectivity index (χ0) is 13.2. The molecule has 0 bridgehead atoms. The van der Waals surface area contributed by atoms with E-state index in [-0.39, 0.29) is 10.9 Å². The molecule has 0 saturated carbocycles. The Morgan fingerprint density at radius 2 is 2.22 bits per heavy atom. The molecule has 1 aliphatic rings. The predicted octanol–water partition coefficient (Wildman–Crippen LogP) is 1.76. The maximum absolute atomic E-state index is 12.2. The molecule has 2 atom stereocenters. The Morgan fingerprint density at radius 3 is 2.89 bits per heavy atom. The summed E-state index contributed by atoms with van der Waals surface area (Å²) in [6, 6.07) is 6.65. The molecule has 2 N–H and O–H groups in total. The van der Waals surface area contributed by atoms with E-state index >= 15 is 0 Å². The lowest BCUT2D eigenvalue weighted by molar-refractivity contribution is 0.361. The maximum Gasteiger partial charge on any atom is 0.240 e. The quantitative estimate of drug-likeness (QED) is 0.891. The van der Waals surface area contributed by atoms with Crippen LogP contribution in [0.1, 0.15) is 19.8 Å². The van der Waals surface area contributed by atoms with E-state index in [1.54, 1.807) is 18.2 Å². The summed E-state index contributed by atoms with van der Waals surface area (Å²) < 4.78 is 27.1. The Bertz CT molecular complexity index is 519. The highest BCUT2D eigenvalue weighted by atomic mass is 35.5. The molecule has 1 heterocycles. The number of hydrogen-bond acceptors (Lipinski definition) is 3. The van der Waals surface area contributed by atoms with Crippen LogP contribution < -0.4 is 10.0 Å². The molecule has 100 valence electrons. The summed E-state index contributed by atoms with van der Waals surface area (Å²) in [7, 11) is -3.47. The van der Waals surface area contributed by atoms with E-state index in [1.165, 1.54) is 6.07 Å². The topological polar surface area (TPSA) is 58.2 Å². The standard InChI is InChI=1S/C12H17ClN2O2S/c1-9-7-11(5-6-14-9)15-18(16,17)12-4-2-3-10(13)8-12/h2-4,8-9,11,14-15H,5-7H2,1H3. The molecule has 1 saturated heterocycles. The zero-order valence-electron chi connectivity index (χ0n) is 10.2. The van der Waals surface area contributed by atoms with Crippen LogP contribution in [0.15, 0.2) is 29.2 Å². The average Bonchev–Trinajstić information content (AvgIpc) is 2.28. The first-order valence-electron chi connectivity index (χ1n) is 5.98. The number of rotatable bonds is 3. The SMILES string of the molecule is CC1CC(NS(=O)(=O)c2cccc(Cl)c2)CCN1. The Labute approximate surface area is 113 Å². The third kappa shape index (κ3) is 3.45. The van der Waals surface area contributed by atoms with E-state index in [0.29, 0.717) is 11.1 Å². The Hall–Kier alpha value is -0.620. The van der Waals surface area contributed by atoms with Gasteiger partial charge in [0.2, 0.25) is 10.0 Å². The van der Waals surface area contributed by atoms with Crippen LogP contribution >= 0.6 is 11.6 Å². The van der Waals surface area contributed by atoms with Crippen LogP contribution in [0.2, 0.25) is 5.02 Å². The van der Waals surface area contributed by atoms with Crippen LogP contribution in [-0.4, -0.2) is 27.0 Å². The van der Waals surface area contributed by atoms with Crippen molar-refractivity contribution in [3.63, 3.8) is 0 Å². The van der Waals surface area contributed by atoms with E-state index in [4.69, 9.17) is 11.6 Å². The Kier molecular flexibility index (Phi) is 4.27. The van der Waals surface area contributed by atoms with Gasteiger partial charge in [-0.1, -0.05) is 17.7 Å². The van der Waals surface area contributed by atoms with Crippen molar-refractivity contribution in [3.8, 4) is 0 Å². The van der Waals surface area contributed by atoms with Crippen molar-refractivity contribution in [2.24, 2.45) is 0 Å². The number of nitrogens with one attached hydrogen (secondary N) is 2. The van der Waals surface area contributed by atoms with Crippen LogP contribution in [0.3, 0.4) is 0 Å². The molecule has 6 heteroatoms. The summed E-state index contributed by atoms with van der Waals surface area (Å²) in [5, 5.41) is 3.72. The number of sulfonamides is 1. The predicted molar refractivity (Wildman–Crippen MR) is 72.3 cm³/mol. The van der Waals surface area contributed by atoms with Gasteiger partial charge in [0.05, 0.1) is 4.90 Å². The Morgan fingerprint density at radius 1 is 1.44 bits per heavy atom. The molecule has 18 heavy (non-hydrogen) atoms. The van der Waals surface area contributed by atoms with Crippen molar-refractivity contribution in [3.05, 3.63) is 29.3 Å². The van der Waals surface area contributed by atoms with Gasteiger partial charge < -0.3 is 5.32 Å². The van der Waals surface area contributed by atoms with Crippen molar-refractivity contribution in [1.82, 2.24) is 10.0 Å². The van der Waals surface area contributed by atoms with Gasteiger partial charge in [0, 0.05) is 17.1 Å². The van der Waals surface area contributed by atoms with E-state index in [0.717, 1.165) is 19.4 Å². The van der Waals surface area contributed by atoms with Crippen molar-refractivity contribution >= 4 is 21.6 Å². The number of hydrogen-bond donors (Lipinski definition) is 2. The van der Waals surface area contributed by atoms with Crippen LogP contribution in [-0.2, 0) is 10.0 Å². The Balaban J connectivity index is 2.12. The number of halogens is 1. The first kappa shape index (κ1) is 13.8. The molecule has 1 aromatic carbocycles. The minimum Gasteiger partial charge on any atom is -0.314 e. The van der Waals surface area contributed by atoms with Crippen molar-refractivity contribution in [2.75, 3.05) is 6.54 Å². The van der Waals surface area contributed by atoms with Crippen molar-refractivity contribution in [2.45, 2.75) is 36.7 Å². The second-order valence-corrected chi connectivity index (χ2v) is 6.81. The lowest BCUT2D eigenvalue weighted by Crippen LogP contribution is -2.46. The summed E-state index contributed by atoms with van der Waals surface area (Å²) in [5.41, 5.74) is 0. The molecule has 2 unspecified atom stereocenters. The second kappa shape index (κ2) is 5.57. The molecule has 0 aliphatic carbocycles. The van der Waals surface area contributed by atoms with Crippen LogP contribution in [0.5, 0.6) is 0 Å². The number of benzene rings is 1. The van der Waals surface area contributed by atoms with Gasteiger partial charge in [0.25, 0.3) is 0 Å². The first-order valence-corrected chi connectivity index (χ1v) is 7.85. The molecule has 4 nitrogen and oxygen atoms in total. The van der Waals surface area contributed by atoms with E-state index < -0.39 is 10.0 Å².